The van der Waals surface area contributed by atoms with E-state index in [1.807, 2.05) is 126 Å². The second kappa shape index (κ2) is 20.9. The van der Waals surface area contributed by atoms with E-state index in [1.54, 1.807) is 5.01 Å². The number of nitrogens with two attached hydrogens (primary N) is 1. The minimum Gasteiger partial charge on any atom is -0.309 e. The molecule has 0 saturated heterocycles. The number of Topliss-reactive ketones (excluding diaryl/α,β-unsaturated/α-hetero) is 1. The number of benzene rings is 9. The molecule has 3 aliphatic rings. The molecule has 0 radical (unpaired) electrons. The average Bonchev–Trinajstić information content (AvgIpc) is 4.21. The van der Waals surface area contributed by atoms with Crippen LogP contribution in [0.25, 0.3) is 27.8 Å². The second-order valence-electron chi connectivity index (χ2n) is 17.2. The lowest BCUT2D eigenvalue weighted by molar-refractivity contribution is 0.0994. The highest BCUT2D eigenvalue weighted by molar-refractivity contribution is 6.05. The summed E-state index contributed by atoms with van der Waals surface area (Å²) in [6.07, 6.45) is 4.75. The number of nitrogens with zero attached hydrogens (tertiary/aromatic N) is 4. The smallest absolute Gasteiger partial charge is 0.309 e. The third-order valence-corrected chi connectivity index (χ3v) is 12.8. The van der Waals surface area contributed by atoms with Crippen LogP contribution in [0.5, 0.6) is 0 Å². The average molecular weight is 898 g/mol. The zero-order valence-corrected chi connectivity index (χ0v) is 38.5. The number of para-hydroxylation sites is 6. The summed E-state index contributed by atoms with van der Waals surface area (Å²) in [5.41, 5.74) is 18.3. The fraction of sp³-hybridized carbons (Fsp3) is 0.0794. The van der Waals surface area contributed by atoms with Gasteiger partial charge in [-0.3, -0.25) is 9.80 Å². The summed E-state index contributed by atoms with van der Waals surface area (Å²) in [6, 6.07) is 85.0. The maximum absolute atomic E-state index is 11.1. The van der Waals surface area contributed by atoms with Crippen molar-refractivity contribution in [3.05, 3.63) is 282 Å². The lowest BCUT2D eigenvalue weighted by atomic mass is 10.1. The van der Waals surface area contributed by atoms with E-state index in [0.29, 0.717) is 12.2 Å². The molecule has 0 atom stereocenters. The summed E-state index contributed by atoms with van der Waals surface area (Å²) in [4.78, 5) is 11.1. The van der Waals surface area contributed by atoms with Crippen molar-refractivity contribution in [1.82, 2.24) is 4.57 Å². The van der Waals surface area contributed by atoms with Crippen LogP contribution in [0.4, 0.5) is 22.7 Å². The first-order chi connectivity index (χ1) is 34.1. The third kappa shape index (κ3) is 9.80. The Morgan fingerprint density at radius 2 is 0.855 bits per heavy atom. The number of carbonyl (C=O) groups excluding carboxylic acids is 1. The maximum atomic E-state index is 11.1. The monoisotopic (exact) mass is 897 g/mol. The molecular formula is C63H55N5O+2. The quantitative estimate of drug-likeness (QED) is 0.133. The van der Waals surface area contributed by atoms with Crippen LogP contribution in [-0.2, 0) is 19.3 Å². The molecule has 3 aliphatic carbocycles. The van der Waals surface area contributed by atoms with E-state index in [1.165, 1.54) is 55.7 Å². The van der Waals surface area contributed by atoms with Gasteiger partial charge < -0.3 is 4.57 Å². The van der Waals surface area contributed by atoms with Crippen molar-refractivity contribution in [3.8, 4) is 16.9 Å². The zero-order chi connectivity index (χ0) is 46.8. The van der Waals surface area contributed by atoms with E-state index in [-0.39, 0.29) is 2.85 Å². The molecule has 6 nitrogen and oxygen atoms in total. The van der Waals surface area contributed by atoms with E-state index in [9.17, 15) is 4.79 Å². The first kappa shape index (κ1) is 44.3. The normalized spacial score (nSPS) is 13.1. The highest BCUT2D eigenvalue weighted by atomic mass is 16.1. The number of hydrogen-bond acceptors (Lipinski definition) is 5. The van der Waals surface area contributed by atoms with Crippen LogP contribution in [0.1, 0.15) is 53.9 Å². The van der Waals surface area contributed by atoms with Gasteiger partial charge in [0.2, 0.25) is 0 Å². The van der Waals surface area contributed by atoms with Crippen molar-refractivity contribution >= 4 is 45.1 Å². The molecule has 0 spiro atoms. The summed E-state index contributed by atoms with van der Waals surface area (Å²) < 4.78 is 2.41. The van der Waals surface area contributed by atoms with Crippen LogP contribution in [0.2, 0.25) is 0 Å². The molecular weight excluding hydrogens is 843 g/mol. The van der Waals surface area contributed by atoms with Crippen molar-refractivity contribution in [2.24, 2.45) is 10.9 Å². The summed E-state index contributed by atoms with van der Waals surface area (Å²) >= 11 is 0. The van der Waals surface area contributed by atoms with E-state index in [4.69, 9.17) is 10.9 Å². The van der Waals surface area contributed by atoms with Gasteiger partial charge in [0.05, 0.1) is 39.7 Å². The number of hydrazine groups is 1. The van der Waals surface area contributed by atoms with Crippen LogP contribution in [-0.4, -0.2) is 16.1 Å². The van der Waals surface area contributed by atoms with E-state index in [0.717, 1.165) is 59.7 Å². The van der Waals surface area contributed by atoms with Crippen LogP contribution in [0, 0.1) is 0 Å². The molecule has 0 fully saturated rings. The highest BCUT2D eigenvalue weighted by Crippen LogP contribution is 2.44. The second-order valence-corrected chi connectivity index (χ2v) is 17.2. The first-order valence-electron chi connectivity index (χ1n) is 23.7. The van der Waals surface area contributed by atoms with E-state index < -0.39 is 0 Å². The minimum atomic E-state index is 0. The molecule has 9 aromatic carbocycles. The van der Waals surface area contributed by atoms with Gasteiger partial charge in [-0.15, -0.1) is 0 Å². The molecule has 6 heteroatoms. The summed E-state index contributed by atoms with van der Waals surface area (Å²) in [5.74, 6) is 6.25. The van der Waals surface area contributed by atoms with Crippen molar-refractivity contribution in [2.45, 2.75) is 32.1 Å². The van der Waals surface area contributed by atoms with Crippen molar-refractivity contribution < 1.29 is 7.65 Å². The van der Waals surface area contributed by atoms with Crippen molar-refractivity contribution in [1.29, 1.82) is 0 Å². The molecule has 1 aromatic heterocycles. The van der Waals surface area contributed by atoms with E-state index >= 15 is 0 Å². The van der Waals surface area contributed by atoms with E-state index in [2.05, 4.69) is 132 Å². The number of aromatic nitrogens is 1. The van der Waals surface area contributed by atoms with Gasteiger partial charge in [-0.2, -0.15) is 5.10 Å². The van der Waals surface area contributed by atoms with Gasteiger partial charge in [-0.25, -0.2) is 10.9 Å². The third-order valence-electron chi connectivity index (χ3n) is 12.8. The summed E-state index contributed by atoms with van der Waals surface area (Å²) in [7, 11) is 0. The topological polar surface area (TPSA) is 66.9 Å². The summed E-state index contributed by atoms with van der Waals surface area (Å²) in [6.45, 7) is 0. The number of aryl methyl sites for hydroxylation is 2. The van der Waals surface area contributed by atoms with Crippen molar-refractivity contribution in [2.75, 3.05) is 10.0 Å². The number of ketones is 1. The molecule has 0 aliphatic heterocycles. The fourth-order valence-corrected chi connectivity index (χ4v) is 9.46. The number of fused-ring (bicyclic) bond motifs is 7. The number of carbonyl (C=O) groups is 1. The number of hydrazone groups is 1. The standard InChI is InChI=1S/C21H18N2.C21H15N.C12H12N2.C9H8O/c1-3-10-18(11-4-1)23(19-12-5-2-6-13-19)22-21-16-15-17-9-7-8-14-20(17)21;1-2-9-16(10-3-1)22-20-13-7-6-12-18(20)19-14-15-8-4-5-11-17(15)21(19)22;13-14(11-7-3-1-4-8-11)12-9-5-2-6-10-12;10-9-6-5-7-3-1-2-4-8(7)9/h1-14H,15-16H2;1-13H,14H2;1-10H,13H2;1-4H,5-6H2/p+2/b22-21+;;;. The Hall–Kier alpha value is -8.58. The van der Waals surface area contributed by atoms with Gasteiger partial charge in [0.25, 0.3) is 0 Å². The Morgan fingerprint density at radius 1 is 0.420 bits per heavy atom. The Balaban J connectivity index is 0.000000131. The van der Waals surface area contributed by atoms with Gasteiger partial charge in [0, 0.05) is 40.6 Å². The molecule has 69 heavy (non-hydrogen) atoms. The van der Waals surface area contributed by atoms with Gasteiger partial charge in [0.15, 0.2) is 5.78 Å². The zero-order valence-electron chi connectivity index (χ0n) is 40.5. The highest BCUT2D eigenvalue weighted by Gasteiger charge is 2.27. The Bertz CT molecular complexity index is 3270. The first-order valence-corrected chi connectivity index (χ1v) is 23.7. The molecule has 10 aromatic rings. The van der Waals surface area contributed by atoms with Crippen LogP contribution >= 0.6 is 0 Å². The van der Waals surface area contributed by atoms with Crippen LogP contribution in [0.15, 0.2) is 254 Å². The Kier molecular flexibility index (Phi) is 13.4. The fourth-order valence-electron chi connectivity index (χ4n) is 9.46. The predicted octanol–water partition coefficient (Wildman–Crippen LogP) is 15.1. The van der Waals surface area contributed by atoms with Crippen LogP contribution in [0.3, 0.4) is 0 Å². The van der Waals surface area contributed by atoms with Gasteiger partial charge in [-0.1, -0.05) is 182 Å². The Labute approximate surface area is 407 Å². The molecule has 13 rings (SSSR count). The molecule has 0 saturated carbocycles. The lowest BCUT2D eigenvalue weighted by Crippen LogP contribution is -2.24. The molecule has 2 N–H and O–H groups in total. The van der Waals surface area contributed by atoms with Gasteiger partial charge in [0.1, 0.15) is 0 Å². The molecule has 1 heterocycles. The Morgan fingerprint density at radius 3 is 1.43 bits per heavy atom. The van der Waals surface area contributed by atoms with Gasteiger partial charge in [-0.05, 0) is 108 Å². The lowest BCUT2D eigenvalue weighted by Gasteiger charge is -2.20. The minimum absolute atomic E-state index is 0. The molecule has 0 amide bonds. The SMILES string of the molecule is NN(c1ccccc1)c1ccccc1.O=C1CCc2ccccc21.[H+].[H+].c1ccc(-n2c3c(c4ccccc42)Cc2ccccc2-3)cc1.c1ccc(N(/N=C2\CCc3ccccc32)c2ccccc2)cc1. The molecule has 336 valence electrons. The van der Waals surface area contributed by atoms with Gasteiger partial charge >= 0.3 is 2.85 Å². The largest absolute Gasteiger partial charge is 1.00 e. The number of rotatable bonds is 6. The number of hydrogen-bond donors (Lipinski definition) is 1. The predicted molar refractivity (Wildman–Crippen MR) is 288 cm³/mol. The number of anilines is 4. The van der Waals surface area contributed by atoms with Crippen molar-refractivity contribution in [3.63, 3.8) is 0 Å². The maximum Gasteiger partial charge on any atom is 1.00 e. The molecule has 0 bridgehead atoms. The molecule has 0 unspecified atom stereocenters. The summed E-state index contributed by atoms with van der Waals surface area (Å²) in [5, 5.41) is 10.1. The van der Waals surface area contributed by atoms with Crippen LogP contribution < -0.4 is 15.9 Å².